The van der Waals surface area contributed by atoms with E-state index < -0.39 is 0 Å². The number of aromatic nitrogens is 2. The predicted molar refractivity (Wildman–Crippen MR) is 74.4 cm³/mol. The number of fused-ring (bicyclic) bond motifs is 1. The lowest BCUT2D eigenvalue weighted by Crippen LogP contribution is -2.15. The average molecular weight is 260 g/mol. The number of carbonyl (C=O) groups is 1. The summed E-state index contributed by atoms with van der Waals surface area (Å²) < 4.78 is 1.99. The van der Waals surface area contributed by atoms with Crippen molar-refractivity contribution in [3.05, 3.63) is 35.9 Å². The number of hydrogen-bond acceptors (Lipinski definition) is 3. The van der Waals surface area contributed by atoms with Crippen LogP contribution in [0.5, 0.6) is 0 Å². The minimum absolute atomic E-state index is 0.657. The van der Waals surface area contributed by atoms with Crippen LogP contribution in [0.2, 0.25) is 0 Å². The van der Waals surface area contributed by atoms with Gasteiger partial charge in [-0.2, -0.15) is 11.8 Å². The van der Waals surface area contributed by atoms with Gasteiger partial charge in [-0.1, -0.05) is 12.5 Å². The minimum atomic E-state index is 0.657. The molecule has 94 valence electrons. The molecule has 1 saturated heterocycles. The van der Waals surface area contributed by atoms with Gasteiger partial charge in [-0.05, 0) is 30.7 Å². The van der Waals surface area contributed by atoms with Crippen LogP contribution in [0.15, 0.2) is 24.4 Å². The lowest BCUT2D eigenvalue weighted by molar-refractivity contribution is 0.111. The van der Waals surface area contributed by atoms with Gasteiger partial charge in [-0.3, -0.25) is 9.20 Å². The zero-order valence-electron chi connectivity index (χ0n) is 10.2. The zero-order chi connectivity index (χ0) is 12.4. The molecular weight excluding hydrogens is 244 g/mol. The van der Waals surface area contributed by atoms with Crippen molar-refractivity contribution < 1.29 is 4.79 Å². The number of hydrogen-bond donors (Lipinski definition) is 0. The van der Waals surface area contributed by atoms with E-state index in [2.05, 4.69) is 4.98 Å². The highest BCUT2D eigenvalue weighted by Gasteiger charge is 2.17. The highest BCUT2D eigenvalue weighted by atomic mass is 32.2. The number of aldehydes is 1. The number of thioether (sulfide) groups is 1. The normalized spacial score (nSPS) is 20.1. The molecule has 1 unspecified atom stereocenters. The maximum absolute atomic E-state index is 11.1. The third kappa shape index (κ3) is 2.17. The van der Waals surface area contributed by atoms with Gasteiger partial charge in [0.25, 0.3) is 0 Å². The Bertz CT molecular complexity index is 558. The Hall–Kier alpha value is -1.29. The van der Waals surface area contributed by atoms with E-state index >= 15 is 0 Å². The minimum Gasteiger partial charge on any atom is -0.296 e. The second kappa shape index (κ2) is 5.14. The highest BCUT2D eigenvalue weighted by Crippen LogP contribution is 2.28. The first-order valence-electron chi connectivity index (χ1n) is 6.40. The van der Waals surface area contributed by atoms with Crippen molar-refractivity contribution in [1.29, 1.82) is 0 Å². The van der Waals surface area contributed by atoms with Crippen LogP contribution in [0.1, 0.15) is 35.6 Å². The van der Waals surface area contributed by atoms with Gasteiger partial charge in [-0.25, -0.2) is 4.98 Å². The molecule has 4 heteroatoms. The van der Waals surface area contributed by atoms with Gasteiger partial charge in [0, 0.05) is 11.7 Å². The molecule has 0 spiro atoms. The Kier molecular flexibility index (Phi) is 3.37. The zero-order valence-corrected chi connectivity index (χ0v) is 11.0. The second-order valence-electron chi connectivity index (χ2n) is 4.70. The summed E-state index contributed by atoms with van der Waals surface area (Å²) in [6.45, 7) is 0. The maximum Gasteiger partial charge on any atom is 0.166 e. The van der Waals surface area contributed by atoms with Gasteiger partial charge in [0.1, 0.15) is 5.82 Å². The molecular formula is C14H16N2OS. The number of nitrogens with zero attached hydrogens (tertiary/aromatic N) is 2. The topological polar surface area (TPSA) is 34.4 Å². The quantitative estimate of drug-likeness (QED) is 0.796. The molecule has 0 saturated carbocycles. The molecule has 2 aromatic rings. The second-order valence-corrected chi connectivity index (χ2v) is 6.10. The molecule has 18 heavy (non-hydrogen) atoms. The fraction of sp³-hybridized carbons (Fsp3) is 0.429. The first kappa shape index (κ1) is 11.8. The Morgan fingerprint density at radius 1 is 1.44 bits per heavy atom. The van der Waals surface area contributed by atoms with E-state index in [1.807, 2.05) is 40.6 Å². The Balaban J connectivity index is 1.93. The van der Waals surface area contributed by atoms with E-state index in [0.717, 1.165) is 24.0 Å². The SMILES string of the molecule is O=Cc1cccc2cnc(CC3CCCCS3)n12. The van der Waals surface area contributed by atoms with Crippen molar-refractivity contribution in [2.45, 2.75) is 30.9 Å². The van der Waals surface area contributed by atoms with Gasteiger partial charge in [-0.15, -0.1) is 0 Å². The molecule has 0 radical (unpaired) electrons. The average Bonchev–Trinajstić information content (AvgIpc) is 2.83. The Labute approximate surface area is 111 Å². The van der Waals surface area contributed by atoms with Crippen LogP contribution >= 0.6 is 11.8 Å². The molecule has 2 aromatic heterocycles. The lowest BCUT2D eigenvalue weighted by atomic mass is 10.1. The Morgan fingerprint density at radius 3 is 3.17 bits per heavy atom. The van der Waals surface area contributed by atoms with Crippen LogP contribution in [0.4, 0.5) is 0 Å². The highest BCUT2D eigenvalue weighted by molar-refractivity contribution is 7.99. The van der Waals surface area contributed by atoms with E-state index in [0.29, 0.717) is 10.9 Å². The summed E-state index contributed by atoms with van der Waals surface area (Å²) in [6, 6.07) is 5.75. The molecule has 0 N–H and O–H groups in total. The fourth-order valence-corrected chi connectivity index (χ4v) is 3.85. The van der Waals surface area contributed by atoms with E-state index in [4.69, 9.17) is 0 Å². The number of rotatable bonds is 3. The van der Waals surface area contributed by atoms with Gasteiger partial charge in [0.05, 0.1) is 17.4 Å². The van der Waals surface area contributed by atoms with E-state index in [1.54, 1.807) is 0 Å². The molecule has 3 nitrogen and oxygen atoms in total. The number of carbonyl (C=O) groups excluding carboxylic acids is 1. The van der Waals surface area contributed by atoms with E-state index in [1.165, 1.54) is 25.0 Å². The summed E-state index contributed by atoms with van der Waals surface area (Å²) in [6.07, 6.45) is 7.65. The molecule has 0 amide bonds. The number of pyridine rings is 1. The van der Waals surface area contributed by atoms with Gasteiger partial charge >= 0.3 is 0 Å². The van der Waals surface area contributed by atoms with Gasteiger partial charge in [0.2, 0.25) is 0 Å². The monoisotopic (exact) mass is 260 g/mol. The molecule has 0 bridgehead atoms. The van der Waals surface area contributed by atoms with Crippen LogP contribution in [0.3, 0.4) is 0 Å². The van der Waals surface area contributed by atoms with E-state index in [-0.39, 0.29) is 0 Å². The van der Waals surface area contributed by atoms with Crippen LogP contribution in [0.25, 0.3) is 5.52 Å². The molecule has 1 atom stereocenters. The molecule has 1 aliphatic rings. The molecule has 1 fully saturated rings. The standard InChI is InChI=1S/C14H16N2OS/c17-10-12-5-3-4-11-9-15-14(16(11)12)8-13-6-1-2-7-18-13/h3-5,9-10,13H,1-2,6-8H2. The Morgan fingerprint density at radius 2 is 2.39 bits per heavy atom. The summed E-state index contributed by atoms with van der Waals surface area (Å²) in [7, 11) is 0. The fourth-order valence-electron chi connectivity index (χ4n) is 2.55. The van der Waals surface area contributed by atoms with Crippen molar-refractivity contribution in [1.82, 2.24) is 9.38 Å². The summed E-state index contributed by atoms with van der Waals surface area (Å²) in [5.74, 6) is 2.28. The largest absolute Gasteiger partial charge is 0.296 e. The molecule has 0 aromatic carbocycles. The van der Waals surface area contributed by atoms with Crippen molar-refractivity contribution in [2.24, 2.45) is 0 Å². The van der Waals surface area contributed by atoms with Crippen molar-refractivity contribution in [2.75, 3.05) is 5.75 Å². The van der Waals surface area contributed by atoms with Crippen LogP contribution in [-0.2, 0) is 6.42 Å². The van der Waals surface area contributed by atoms with Crippen LogP contribution in [0, 0.1) is 0 Å². The van der Waals surface area contributed by atoms with Crippen molar-refractivity contribution in [3.63, 3.8) is 0 Å². The van der Waals surface area contributed by atoms with Crippen LogP contribution in [-0.4, -0.2) is 26.7 Å². The summed E-state index contributed by atoms with van der Waals surface area (Å²) in [5.41, 5.74) is 1.70. The van der Waals surface area contributed by atoms with E-state index in [9.17, 15) is 4.79 Å². The van der Waals surface area contributed by atoms with Crippen molar-refractivity contribution in [3.8, 4) is 0 Å². The molecule has 0 aliphatic carbocycles. The number of imidazole rings is 1. The van der Waals surface area contributed by atoms with Gasteiger partial charge in [0.15, 0.2) is 6.29 Å². The first-order chi connectivity index (χ1) is 8.88. The van der Waals surface area contributed by atoms with Crippen LogP contribution < -0.4 is 0 Å². The summed E-state index contributed by atoms with van der Waals surface area (Å²) in [4.78, 5) is 15.6. The molecule has 3 heterocycles. The predicted octanol–water partition coefficient (Wildman–Crippen LogP) is 2.98. The lowest BCUT2D eigenvalue weighted by Gasteiger charge is -2.20. The maximum atomic E-state index is 11.1. The smallest absolute Gasteiger partial charge is 0.166 e. The first-order valence-corrected chi connectivity index (χ1v) is 7.45. The summed E-state index contributed by atoms with van der Waals surface area (Å²) >= 11 is 2.04. The third-order valence-electron chi connectivity index (χ3n) is 3.46. The molecule has 1 aliphatic heterocycles. The molecule has 3 rings (SSSR count). The van der Waals surface area contributed by atoms with Gasteiger partial charge < -0.3 is 0 Å². The third-order valence-corrected chi connectivity index (χ3v) is 4.86. The summed E-state index contributed by atoms with van der Waals surface area (Å²) in [5, 5.41) is 0.657. The van der Waals surface area contributed by atoms with Crippen molar-refractivity contribution >= 4 is 23.6 Å².